The molecule has 0 fully saturated rings. The second kappa shape index (κ2) is 6.96. The van der Waals surface area contributed by atoms with Crippen molar-refractivity contribution < 1.29 is 23.0 Å². The van der Waals surface area contributed by atoms with Crippen LogP contribution < -0.4 is 4.74 Å². The maximum atomic E-state index is 13.4. The van der Waals surface area contributed by atoms with Gasteiger partial charge in [0.2, 0.25) is 0 Å². The largest absolute Gasteiger partial charge is 0.507 e. The SMILES string of the molecule is C#Cc1ccccc1-c1nc(OC)nc(-c2c(O)cccc2C(F)(F)F)n1. The number of alkyl halides is 3. The monoisotopic (exact) mass is 371 g/mol. The Morgan fingerprint density at radius 3 is 2.37 bits per heavy atom. The first kappa shape index (κ1) is 18.2. The molecule has 1 heterocycles. The minimum atomic E-state index is -4.72. The predicted molar refractivity (Wildman–Crippen MR) is 91.9 cm³/mol. The lowest BCUT2D eigenvalue weighted by molar-refractivity contribution is -0.137. The summed E-state index contributed by atoms with van der Waals surface area (Å²) in [6.45, 7) is 0. The molecule has 3 rings (SSSR count). The Hall–Kier alpha value is -3.60. The van der Waals surface area contributed by atoms with Gasteiger partial charge in [0.25, 0.3) is 0 Å². The number of halogens is 3. The van der Waals surface area contributed by atoms with Gasteiger partial charge in [-0.3, -0.25) is 0 Å². The molecule has 0 aliphatic carbocycles. The molecule has 0 radical (unpaired) electrons. The number of aromatic nitrogens is 3. The lowest BCUT2D eigenvalue weighted by Gasteiger charge is -2.14. The Labute approximate surface area is 152 Å². The Balaban J connectivity index is 2.30. The number of methoxy groups -OCH3 is 1. The van der Waals surface area contributed by atoms with Gasteiger partial charge in [0.15, 0.2) is 11.6 Å². The molecule has 0 spiro atoms. The summed E-state index contributed by atoms with van der Waals surface area (Å²) in [6, 6.07) is 9.51. The molecule has 5 nitrogen and oxygen atoms in total. The van der Waals surface area contributed by atoms with E-state index in [9.17, 15) is 18.3 Å². The van der Waals surface area contributed by atoms with E-state index in [2.05, 4.69) is 20.9 Å². The lowest BCUT2D eigenvalue weighted by atomic mass is 10.0. The van der Waals surface area contributed by atoms with Crippen molar-refractivity contribution in [1.29, 1.82) is 0 Å². The zero-order valence-corrected chi connectivity index (χ0v) is 13.9. The van der Waals surface area contributed by atoms with Crippen molar-refractivity contribution in [2.75, 3.05) is 7.11 Å². The second-order valence-corrected chi connectivity index (χ2v) is 5.36. The van der Waals surface area contributed by atoms with Crippen molar-refractivity contribution in [2.24, 2.45) is 0 Å². The fraction of sp³-hybridized carbons (Fsp3) is 0.105. The number of hydrogen-bond donors (Lipinski definition) is 1. The Kier molecular flexibility index (Phi) is 4.69. The molecule has 136 valence electrons. The van der Waals surface area contributed by atoms with Gasteiger partial charge in [-0.2, -0.15) is 23.1 Å². The van der Waals surface area contributed by atoms with E-state index in [1.54, 1.807) is 24.3 Å². The Morgan fingerprint density at radius 2 is 1.70 bits per heavy atom. The maximum Gasteiger partial charge on any atom is 0.417 e. The summed E-state index contributed by atoms with van der Waals surface area (Å²) in [5.41, 5.74) is -0.770. The van der Waals surface area contributed by atoms with Crippen LogP contribution in [0.3, 0.4) is 0 Å². The molecular weight excluding hydrogens is 359 g/mol. The summed E-state index contributed by atoms with van der Waals surface area (Å²) in [5.74, 6) is 1.50. The number of hydrogen-bond acceptors (Lipinski definition) is 5. The highest BCUT2D eigenvalue weighted by molar-refractivity contribution is 5.72. The van der Waals surface area contributed by atoms with Crippen LogP contribution in [0.4, 0.5) is 13.2 Å². The molecule has 0 amide bonds. The van der Waals surface area contributed by atoms with Crippen LogP contribution in [0.15, 0.2) is 42.5 Å². The molecule has 1 N–H and O–H groups in total. The molecule has 8 heteroatoms. The summed E-state index contributed by atoms with van der Waals surface area (Å²) in [4.78, 5) is 12.1. The maximum absolute atomic E-state index is 13.4. The molecule has 0 unspecified atom stereocenters. The van der Waals surface area contributed by atoms with Crippen molar-refractivity contribution in [3.63, 3.8) is 0 Å². The van der Waals surface area contributed by atoms with E-state index in [0.29, 0.717) is 11.1 Å². The van der Waals surface area contributed by atoms with Crippen molar-refractivity contribution in [3.8, 4) is 46.9 Å². The molecule has 27 heavy (non-hydrogen) atoms. The smallest absolute Gasteiger partial charge is 0.417 e. The zero-order valence-electron chi connectivity index (χ0n) is 13.9. The van der Waals surface area contributed by atoms with Gasteiger partial charge in [0.1, 0.15) is 5.75 Å². The number of phenols is 1. The molecule has 0 saturated carbocycles. The number of rotatable bonds is 3. The Bertz CT molecular complexity index is 1040. The van der Waals surface area contributed by atoms with Crippen LogP contribution in [0.25, 0.3) is 22.8 Å². The molecule has 0 bridgehead atoms. The van der Waals surface area contributed by atoms with E-state index in [4.69, 9.17) is 11.2 Å². The summed E-state index contributed by atoms with van der Waals surface area (Å²) in [5, 5.41) is 10.1. The topological polar surface area (TPSA) is 68.1 Å². The molecule has 0 aliphatic heterocycles. The highest BCUT2D eigenvalue weighted by Gasteiger charge is 2.36. The minimum absolute atomic E-state index is 0.0294. The first-order chi connectivity index (χ1) is 12.8. The third kappa shape index (κ3) is 3.53. The fourth-order valence-electron chi connectivity index (χ4n) is 2.50. The fourth-order valence-corrected chi connectivity index (χ4v) is 2.50. The zero-order chi connectivity index (χ0) is 19.6. The van der Waals surface area contributed by atoms with Crippen LogP contribution in [-0.4, -0.2) is 27.2 Å². The molecule has 0 saturated heterocycles. The molecule has 0 aliphatic rings. The number of phenolic OH excluding ortho intramolecular Hbond substituents is 1. The standard InChI is InChI=1S/C19H12F3N3O2/c1-3-11-7-4-5-8-12(11)16-23-17(25-18(24-16)27-2)15-13(19(20,21)22)9-6-10-14(15)26/h1,4-10,26H,2H3. The van der Waals surface area contributed by atoms with E-state index in [1.807, 2.05) is 0 Å². The van der Waals surface area contributed by atoms with E-state index in [0.717, 1.165) is 18.2 Å². The third-order valence-corrected chi connectivity index (χ3v) is 3.69. The quantitative estimate of drug-likeness (QED) is 0.707. The highest BCUT2D eigenvalue weighted by atomic mass is 19.4. The van der Waals surface area contributed by atoms with Crippen molar-refractivity contribution in [3.05, 3.63) is 53.6 Å². The summed E-state index contributed by atoms with van der Waals surface area (Å²) in [6.07, 6.45) is 0.754. The van der Waals surface area contributed by atoms with E-state index >= 15 is 0 Å². The summed E-state index contributed by atoms with van der Waals surface area (Å²) < 4.78 is 45.2. The van der Waals surface area contributed by atoms with Crippen molar-refractivity contribution >= 4 is 0 Å². The van der Waals surface area contributed by atoms with Crippen molar-refractivity contribution in [2.45, 2.75) is 6.18 Å². The average molecular weight is 371 g/mol. The van der Waals surface area contributed by atoms with Gasteiger partial charge in [0.05, 0.1) is 18.2 Å². The van der Waals surface area contributed by atoms with E-state index < -0.39 is 23.1 Å². The van der Waals surface area contributed by atoms with Crippen LogP contribution in [0.5, 0.6) is 11.8 Å². The summed E-state index contributed by atoms with van der Waals surface area (Å²) in [7, 11) is 1.27. The van der Waals surface area contributed by atoms with Crippen LogP contribution in [-0.2, 0) is 6.18 Å². The third-order valence-electron chi connectivity index (χ3n) is 3.69. The van der Waals surface area contributed by atoms with Crippen LogP contribution in [0, 0.1) is 12.3 Å². The van der Waals surface area contributed by atoms with Gasteiger partial charge in [-0.05, 0) is 24.3 Å². The predicted octanol–water partition coefficient (Wildman–Crippen LogP) is 3.92. The number of benzene rings is 2. The van der Waals surface area contributed by atoms with Crippen LogP contribution >= 0.6 is 0 Å². The van der Waals surface area contributed by atoms with Gasteiger partial charge in [-0.15, -0.1) is 6.42 Å². The van der Waals surface area contributed by atoms with Gasteiger partial charge < -0.3 is 9.84 Å². The number of aromatic hydroxyl groups is 1. The second-order valence-electron chi connectivity index (χ2n) is 5.36. The molecular formula is C19H12F3N3O2. The average Bonchev–Trinajstić information content (AvgIpc) is 2.66. The normalized spacial score (nSPS) is 11.1. The molecule has 2 aromatic carbocycles. The summed E-state index contributed by atoms with van der Waals surface area (Å²) >= 11 is 0. The lowest BCUT2D eigenvalue weighted by Crippen LogP contribution is -2.09. The van der Waals surface area contributed by atoms with Crippen LogP contribution in [0.1, 0.15) is 11.1 Å². The number of terminal acetylenes is 1. The van der Waals surface area contributed by atoms with Gasteiger partial charge in [-0.1, -0.05) is 24.1 Å². The Morgan fingerprint density at radius 1 is 1.00 bits per heavy atom. The van der Waals surface area contributed by atoms with E-state index in [-0.39, 0.29) is 17.7 Å². The first-order valence-corrected chi connectivity index (χ1v) is 7.60. The van der Waals surface area contributed by atoms with Gasteiger partial charge >= 0.3 is 12.2 Å². The van der Waals surface area contributed by atoms with E-state index in [1.165, 1.54) is 7.11 Å². The highest BCUT2D eigenvalue weighted by Crippen LogP contribution is 2.41. The number of nitrogens with zero attached hydrogens (tertiary/aromatic N) is 3. The first-order valence-electron chi connectivity index (χ1n) is 7.60. The van der Waals surface area contributed by atoms with Gasteiger partial charge in [0, 0.05) is 11.1 Å². The minimum Gasteiger partial charge on any atom is -0.507 e. The number of ether oxygens (including phenoxy) is 1. The van der Waals surface area contributed by atoms with Crippen molar-refractivity contribution in [1.82, 2.24) is 15.0 Å². The molecule has 1 aromatic heterocycles. The van der Waals surface area contributed by atoms with Gasteiger partial charge in [-0.25, -0.2) is 4.98 Å². The molecule has 0 atom stereocenters. The van der Waals surface area contributed by atoms with Crippen LogP contribution in [0.2, 0.25) is 0 Å². The molecule has 3 aromatic rings.